The fourth-order valence-electron chi connectivity index (χ4n) is 2.25. The molecule has 0 bridgehead atoms. The highest BCUT2D eigenvalue weighted by Crippen LogP contribution is 2.31. The van der Waals surface area contributed by atoms with E-state index in [0.29, 0.717) is 19.4 Å². The number of carbonyl (C=O) groups excluding carboxylic acids is 1. The minimum absolute atomic E-state index is 0.0234. The van der Waals surface area contributed by atoms with Crippen molar-refractivity contribution in [2.75, 3.05) is 11.9 Å². The van der Waals surface area contributed by atoms with E-state index in [1.807, 2.05) is 48.5 Å². The molecule has 3 rings (SSSR count). The lowest BCUT2D eigenvalue weighted by atomic mass is 10.1. The van der Waals surface area contributed by atoms with Crippen molar-refractivity contribution < 1.29 is 14.3 Å². The Balaban J connectivity index is 1.49. The highest BCUT2D eigenvalue weighted by molar-refractivity contribution is 9.10. The van der Waals surface area contributed by atoms with Crippen molar-refractivity contribution in [2.45, 2.75) is 18.9 Å². The van der Waals surface area contributed by atoms with Crippen LogP contribution in [0.1, 0.15) is 12.8 Å². The van der Waals surface area contributed by atoms with Gasteiger partial charge in [0.1, 0.15) is 12.7 Å². The topological polar surface area (TPSA) is 47.6 Å². The molecule has 114 valence electrons. The maximum atomic E-state index is 12.0. The molecule has 0 aliphatic carbocycles. The summed E-state index contributed by atoms with van der Waals surface area (Å²) in [6, 6.07) is 15.1. The van der Waals surface area contributed by atoms with Crippen LogP contribution in [0.2, 0.25) is 0 Å². The first-order valence-electron chi connectivity index (χ1n) is 7.14. The van der Waals surface area contributed by atoms with E-state index in [9.17, 15) is 4.79 Å². The predicted octanol–water partition coefficient (Wildman–Crippen LogP) is 4.01. The fraction of sp³-hybridized carbons (Fsp3) is 0.235. The predicted molar refractivity (Wildman–Crippen MR) is 88.4 cm³/mol. The molecule has 1 aliphatic heterocycles. The standard InChI is InChI=1S/C17H16BrNO3/c18-12-5-7-13(8-6-12)19-17(20)10-9-14-11-21-15-3-1-2-4-16(15)22-14/h1-8,14H,9-11H2,(H,19,20). The summed E-state index contributed by atoms with van der Waals surface area (Å²) in [4.78, 5) is 12.0. The SMILES string of the molecule is O=C(CCC1COc2ccccc2O1)Nc1ccc(Br)cc1. The van der Waals surface area contributed by atoms with Crippen molar-refractivity contribution in [3.05, 3.63) is 53.0 Å². The second kappa shape index (κ2) is 6.83. The van der Waals surface area contributed by atoms with Gasteiger partial charge in [0.05, 0.1) is 0 Å². The normalized spacial score (nSPS) is 16.1. The monoisotopic (exact) mass is 361 g/mol. The number of nitrogens with one attached hydrogen (secondary N) is 1. The Kier molecular flexibility index (Phi) is 4.63. The van der Waals surface area contributed by atoms with Crippen LogP contribution in [0.15, 0.2) is 53.0 Å². The molecule has 0 radical (unpaired) electrons. The first kappa shape index (κ1) is 14.9. The van der Waals surface area contributed by atoms with Gasteiger partial charge in [-0.15, -0.1) is 0 Å². The molecule has 0 aromatic heterocycles. The summed E-state index contributed by atoms with van der Waals surface area (Å²) in [5.74, 6) is 1.48. The van der Waals surface area contributed by atoms with Crippen LogP contribution in [-0.4, -0.2) is 18.6 Å². The van der Waals surface area contributed by atoms with Crippen molar-refractivity contribution in [3.63, 3.8) is 0 Å². The minimum Gasteiger partial charge on any atom is -0.486 e. The number of hydrogen-bond acceptors (Lipinski definition) is 3. The van der Waals surface area contributed by atoms with Crippen LogP contribution in [0, 0.1) is 0 Å². The molecule has 22 heavy (non-hydrogen) atoms. The van der Waals surface area contributed by atoms with Gasteiger partial charge < -0.3 is 14.8 Å². The molecule has 1 aliphatic rings. The Hall–Kier alpha value is -2.01. The molecule has 1 heterocycles. The van der Waals surface area contributed by atoms with Gasteiger partial charge in [0.15, 0.2) is 11.5 Å². The molecule has 4 nitrogen and oxygen atoms in total. The molecule has 2 aromatic rings. The van der Waals surface area contributed by atoms with Crippen LogP contribution in [-0.2, 0) is 4.79 Å². The zero-order chi connectivity index (χ0) is 15.4. The molecule has 1 unspecified atom stereocenters. The van der Waals surface area contributed by atoms with Crippen LogP contribution >= 0.6 is 15.9 Å². The van der Waals surface area contributed by atoms with E-state index < -0.39 is 0 Å². The van der Waals surface area contributed by atoms with Crippen molar-refractivity contribution >= 4 is 27.5 Å². The molecule has 0 saturated heterocycles. The van der Waals surface area contributed by atoms with E-state index in [2.05, 4.69) is 21.2 Å². The Labute approximate surface area is 137 Å². The Bertz CT molecular complexity index is 657. The molecule has 0 spiro atoms. The van der Waals surface area contributed by atoms with Crippen molar-refractivity contribution in [1.29, 1.82) is 0 Å². The third kappa shape index (κ3) is 3.80. The summed E-state index contributed by atoms with van der Waals surface area (Å²) in [6.45, 7) is 0.475. The number of benzene rings is 2. The molecule has 5 heteroatoms. The molecule has 1 N–H and O–H groups in total. The Morgan fingerprint density at radius 3 is 2.64 bits per heavy atom. The summed E-state index contributed by atoms with van der Waals surface area (Å²) < 4.78 is 12.5. The number of halogens is 1. The van der Waals surface area contributed by atoms with Gasteiger partial charge in [0.2, 0.25) is 5.91 Å². The minimum atomic E-state index is -0.0921. The van der Waals surface area contributed by atoms with Crippen LogP contribution in [0.5, 0.6) is 11.5 Å². The molecule has 2 aromatic carbocycles. The quantitative estimate of drug-likeness (QED) is 0.894. The highest BCUT2D eigenvalue weighted by Gasteiger charge is 2.21. The molecule has 1 amide bonds. The number of hydrogen-bond donors (Lipinski definition) is 1. The third-order valence-corrected chi connectivity index (χ3v) is 3.92. The lowest BCUT2D eigenvalue weighted by Crippen LogP contribution is -2.30. The van der Waals surface area contributed by atoms with Crippen LogP contribution < -0.4 is 14.8 Å². The van der Waals surface area contributed by atoms with E-state index in [1.165, 1.54) is 0 Å². The van der Waals surface area contributed by atoms with Crippen molar-refractivity contribution in [3.8, 4) is 11.5 Å². The summed E-state index contributed by atoms with van der Waals surface area (Å²) in [6.07, 6.45) is 0.925. The summed E-state index contributed by atoms with van der Waals surface area (Å²) in [5, 5.41) is 2.87. The van der Waals surface area contributed by atoms with Crippen LogP contribution in [0.25, 0.3) is 0 Å². The zero-order valence-corrected chi connectivity index (χ0v) is 13.5. The number of ether oxygens (including phenoxy) is 2. The Morgan fingerprint density at radius 1 is 1.14 bits per heavy atom. The second-order valence-electron chi connectivity index (χ2n) is 5.09. The van der Waals surface area contributed by atoms with E-state index in [-0.39, 0.29) is 12.0 Å². The van der Waals surface area contributed by atoms with Gasteiger partial charge in [-0.1, -0.05) is 28.1 Å². The van der Waals surface area contributed by atoms with E-state index in [0.717, 1.165) is 21.7 Å². The van der Waals surface area contributed by atoms with Gasteiger partial charge in [0.25, 0.3) is 0 Å². The first-order valence-corrected chi connectivity index (χ1v) is 7.94. The van der Waals surface area contributed by atoms with Gasteiger partial charge in [-0.3, -0.25) is 4.79 Å². The molecular formula is C17H16BrNO3. The van der Waals surface area contributed by atoms with Gasteiger partial charge in [-0.25, -0.2) is 0 Å². The van der Waals surface area contributed by atoms with Gasteiger partial charge in [-0.05, 0) is 42.8 Å². The zero-order valence-electron chi connectivity index (χ0n) is 11.9. The van der Waals surface area contributed by atoms with Crippen molar-refractivity contribution in [1.82, 2.24) is 0 Å². The average Bonchev–Trinajstić information content (AvgIpc) is 2.55. The van der Waals surface area contributed by atoms with Gasteiger partial charge >= 0.3 is 0 Å². The first-order chi connectivity index (χ1) is 10.7. The lowest BCUT2D eigenvalue weighted by molar-refractivity contribution is -0.116. The average molecular weight is 362 g/mol. The summed E-state index contributed by atoms with van der Waals surface area (Å²) in [5.41, 5.74) is 0.791. The number of para-hydroxylation sites is 2. The maximum Gasteiger partial charge on any atom is 0.224 e. The molecular weight excluding hydrogens is 346 g/mol. The third-order valence-electron chi connectivity index (χ3n) is 3.39. The fourth-order valence-corrected chi connectivity index (χ4v) is 2.52. The molecule has 1 atom stereocenters. The number of rotatable bonds is 4. The molecule has 0 saturated carbocycles. The van der Waals surface area contributed by atoms with E-state index in [1.54, 1.807) is 0 Å². The number of carbonyl (C=O) groups is 1. The number of anilines is 1. The summed E-state index contributed by atoms with van der Waals surface area (Å²) in [7, 11) is 0. The van der Waals surface area contributed by atoms with Crippen molar-refractivity contribution in [2.24, 2.45) is 0 Å². The van der Waals surface area contributed by atoms with Crippen LogP contribution in [0.3, 0.4) is 0 Å². The lowest BCUT2D eigenvalue weighted by Gasteiger charge is -2.26. The van der Waals surface area contributed by atoms with Crippen LogP contribution in [0.4, 0.5) is 5.69 Å². The Morgan fingerprint density at radius 2 is 1.86 bits per heavy atom. The summed E-state index contributed by atoms with van der Waals surface area (Å²) >= 11 is 3.36. The van der Waals surface area contributed by atoms with Gasteiger partial charge in [-0.2, -0.15) is 0 Å². The highest BCUT2D eigenvalue weighted by atomic mass is 79.9. The number of amides is 1. The second-order valence-corrected chi connectivity index (χ2v) is 6.01. The van der Waals surface area contributed by atoms with E-state index in [4.69, 9.17) is 9.47 Å². The largest absolute Gasteiger partial charge is 0.486 e. The number of fused-ring (bicyclic) bond motifs is 1. The smallest absolute Gasteiger partial charge is 0.224 e. The molecule has 0 fully saturated rings. The van der Waals surface area contributed by atoms with E-state index >= 15 is 0 Å². The maximum absolute atomic E-state index is 12.0. The van der Waals surface area contributed by atoms with Gasteiger partial charge in [0, 0.05) is 16.6 Å².